The van der Waals surface area contributed by atoms with E-state index in [9.17, 15) is 4.79 Å². The molecule has 0 saturated carbocycles. The van der Waals surface area contributed by atoms with E-state index in [0.717, 1.165) is 19.4 Å². The molecule has 1 saturated heterocycles. The van der Waals surface area contributed by atoms with Crippen molar-refractivity contribution < 1.29 is 14.3 Å². The maximum Gasteiger partial charge on any atom is 0.411 e. The minimum absolute atomic E-state index is 0.121. The first-order chi connectivity index (χ1) is 6.94. The lowest BCUT2D eigenvalue weighted by molar-refractivity contribution is -0.109. The van der Waals surface area contributed by atoms with Gasteiger partial charge in [0.1, 0.15) is 6.23 Å². The predicted octanol–water partition coefficient (Wildman–Crippen LogP) is 2.38. The molecule has 1 aliphatic rings. The molecule has 1 rings (SSSR count). The molecular weight excluding hydrogens is 194 g/mol. The van der Waals surface area contributed by atoms with E-state index in [1.165, 1.54) is 0 Å². The van der Waals surface area contributed by atoms with Crippen LogP contribution in [0.2, 0.25) is 0 Å². The summed E-state index contributed by atoms with van der Waals surface area (Å²) in [5.74, 6) is 0. The molecule has 0 aliphatic carbocycles. The van der Waals surface area contributed by atoms with Crippen molar-refractivity contribution in [3.05, 3.63) is 0 Å². The Morgan fingerprint density at radius 3 is 2.67 bits per heavy atom. The van der Waals surface area contributed by atoms with E-state index in [4.69, 9.17) is 9.47 Å². The Morgan fingerprint density at radius 2 is 2.13 bits per heavy atom. The van der Waals surface area contributed by atoms with Crippen LogP contribution in [0.1, 0.15) is 40.5 Å². The van der Waals surface area contributed by atoms with Gasteiger partial charge in [-0.15, -0.1) is 0 Å². The van der Waals surface area contributed by atoms with Crippen molar-refractivity contribution in [2.45, 2.75) is 52.4 Å². The van der Waals surface area contributed by atoms with Crippen LogP contribution in [0.15, 0.2) is 0 Å². The zero-order valence-corrected chi connectivity index (χ0v) is 10.1. The van der Waals surface area contributed by atoms with Crippen LogP contribution in [0, 0.1) is 0 Å². The van der Waals surface area contributed by atoms with Crippen LogP contribution in [0.4, 0.5) is 4.79 Å². The van der Waals surface area contributed by atoms with Gasteiger partial charge in [0.25, 0.3) is 0 Å². The Hall–Kier alpha value is -0.770. The molecule has 0 aromatic heterocycles. The quantitative estimate of drug-likeness (QED) is 0.710. The minimum atomic E-state index is -0.260. The van der Waals surface area contributed by atoms with Crippen molar-refractivity contribution >= 4 is 6.09 Å². The van der Waals surface area contributed by atoms with Gasteiger partial charge in [0, 0.05) is 6.54 Å². The molecule has 1 amide bonds. The van der Waals surface area contributed by atoms with Gasteiger partial charge in [0.05, 0.1) is 12.2 Å². The smallest absolute Gasteiger partial charge is 0.411 e. The van der Waals surface area contributed by atoms with E-state index in [2.05, 4.69) is 0 Å². The first-order valence-corrected chi connectivity index (χ1v) is 5.55. The highest BCUT2D eigenvalue weighted by molar-refractivity contribution is 5.68. The fourth-order valence-corrected chi connectivity index (χ4v) is 1.68. The standard InChI is InChI=1S/C11H21NO3/c1-5-14-10(13)12-8-6-7-9(12)15-11(2,3)4/h9H,5-8H2,1-4H3. The fraction of sp³-hybridized carbons (Fsp3) is 0.909. The average Bonchev–Trinajstić information content (AvgIpc) is 2.49. The average molecular weight is 215 g/mol. The Kier molecular flexibility index (Phi) is 3.97. The molecular formula is C11H21NO3. The monoisotopic (exact) mass is 215 g/mol. The second kappa shape index (κ2) is 4.84. The summed E-state index contributed by atoms with van der Waals surface area (Å²) in [5, 5.41) is 0. The largest absolute Gasteiger partial charge is 0.450 e. The van der Waals surface area contributed by atoms with Crippen LogP contribution in [0.3, 0.4) is 0 Å². The second-order valence-corrected chi connectivity index (χ2v) is 4.72. The maximum atomic E-state index is 11.6. The molecule has 0 aromatic carbocycles. The van der Waals surface area contributed by atoms with Crippen molar-refractivity contribution in [1.82, 2.24) is 4.90 Å². The SMILES string of the molecule is CCOC(=O)N1CCCC1OC(C)(C)C. The lowest BCUT2D eigenvalue weighted by Crippen LogP contribution is -2.41. The third-order valence-corrected chi connectivity index (χ3v) is 2.19. The molecule has 0 radical (unpaired) electrons. The summed E-state index contributed by atoms with van der Waals surface area (Å²) in [4.78, 5) is 13.2. The number of likely N-dealkylation sites (tertiary alicyclic amines) is 1. The number of amides is 1. The van der Waals surface area contributed by atoms with Crippen molar-refractivity contribution in [1.29, 1.82) is 0 Å². The molecule has 1 atom stereocenters. The van der Waals surface area contributed by atoms with Crippen LogP contribution >= 0.6 is 0 Å². The van der Waals surface area contributed by atoms with Gasteiger partial charge in [-0.05, 0) is 40.5 Å². The molecule has 0 N–H and O–H groups in total. The van der Waals surface area contributed by atoms with Crippen LogP contribution in [0.25, 0.3) is 0 Å². The summed E-state index contributed by atoms with van der Waals surface area (Å²) in [7, 11) is 0. The van der Waals surface area contributed by atoms with E-state index < -0.39 is 0 Å². The highest BCUT2D eigenvalue weighted by Crippen LogP contribution is 2.23. The van der Waals surface area contributed by atoms with Gasteiger partial charge < -0.3 is 9.47 Å². The molecule has 1 aliphatic heterocycles. The topological polar surface area (TPSA) is 38.8 Å². The van der Waals surface area contributed by atoms with Gasteiger partial charge in [-0.3, -0.25) is 4.90 Å². The molecule has 0 spiro atoms. The number of rotatable bonds is 2. The van der Waals surface area contributed by atoms with Crippen molar-refractivity contribution in [2.75, 3.05) is 13.2 Å². The molecule has 1 unspecified atom stereocenters. The first-order valence-electron chi connectivity index (χ1n) is 5.55. The summed E-state index contributed by atoms with van der Waals surface area (Å²) < 4.78 is 10.8. The highest BCUT2D eigenvalue weighted by Gasteiger charge is 2.33. The Bertz CT molecular complexity index is 222. The van der Waals surface area contributed by atoms with E-state index in [1.807, 2.05) is 27.7 Å². The number of carbonyl (C=O) groups is 1. The molecule has 4 heteroatoms. The Labute approximate surface area is 91.5 Å². The predicted molar refractivity (Wildman–Crippen MR) is 57.6 cm³/mol. The minimum Gasteiger partial charge on any atom is -0.450 e. The van der Waals surface area contributed by atoms with Crippen molar-refractivity contribution in [2.24, 2.45) is 0 Å². The zero-order chi connectivity index (χ0) is 11.5. The number of hydrogen-bond donors (Lipinski definition) is 0. The maximum absolute atomic E-state index is 11.6. The normalized spacial score (nSPS) is 21.9. The van der Waals surface area contributed by atoms with Gasteiger partial charge >= 0.3 is 6.09 Å². The van der Waals surface area contributed by atoms with Gasteiger partial charge in [-0.25, -0.2) is 4.79 Å². The van der Waals surface area contributed by atoms with Crippen molar-refractivity contribution in [3.63, 3.8) is 0 Å². The number of carbonyl (C=O) groups excluding carboxylic acids is 1. The number of hydrogen-bond acceptors (Lipinski definition) is 3. The molecule has 0 bridgehead atoms. The van der Waals surface area contributed by atoms with Gasteiger partial charge in [0.15, 0.2) is 0 Å². The summed E-state index contributed by atoms with van der Waals surface area (Å²) in [5.41, 5.74) is -0.222. The van der Waals surface area contributed by atoms with E-state index in [-0.39, 0.29) is 17.9 Å². The zero-order valence-electron chi connectivity index (χ0n) is 10.1. The Morgan fingerprint density at radius 1 is 1.47 bits per heavy atom. The third-order valence-electron chi connectivity index (χ3n) is 2.19. The van der Waals surface area contributed by atoms with Crippen molar-refractivity contribution in [3.8, 4) is 0 Å². The van der Waals surface area contributed by atoms with E-state index in [0.29, 0.717) is 6.61 Å². The summed E-state index contributed by atoms with van der Waals surface area (Å²) in [6.07, 6.45) is 1.50. The van der Waals surface area contributed by atoms with Crippen LogP contribution in [0.5, 0.6) is 0 Å². The Balaban J connectivity index is 2.53. The third kappa shape index (κ3) is 3.70. The summed E-state index contributed by atoms with van der Waals surface area (Å²) in [6, 6.07) is 0. The van der Waals surface area contributed by atoms with Crippen LogP contribution < -0.4 is 0 Å². The van der Waals surface area contributed by atoms with Crippen LogP contribution in [-0.4, -0.2) is 36.0 Å². The lowest BCUT2D eigenvalue weighted by Gasteiger charge is -2.30. The highest BCUT2D eigenvalue weighted by atomic mass is 16.6. The molecule has 88 valence electrons. The molecule has 1 heterocycles. The summed E-state index contributed by atoms with van der Waals surface area (Å²) >= 11 is 0. The molecule has 0 aromatic rings. The van der Waals surface area contributed by atoms with Crippen LogP contribution in [-0.2, 0) is 9.47 Å². The molecule has 4 nitrogen and oxygen atoms in total. The van der Waals surface area contributed by atoms with E-state index >= 15 is 0 Å². The second-order valence-electron chi connectivity index (χ2n) is 4.72. The molecule has 1 fully saturated rings. The van der Waals surface area contributed by atoms with Gasteiger partial charge in [0.2, 0.25) is 0 Å². The van der Waals surface area contributed by atoms with Gasteiger partial charge in [-0.1, -0.05) is 0 Å². The summed E-state index contributed by atoms with van der Waals surface area (Å²) in [6.45, 7) is 8.95. The fourth-order valence-electron chi connectivity index (χ4n) is 1.68. The molecule has 15 heavy (non-hydrogen) atoms. The number of ether oxygens (including phenoxy) is 2. The first kappa shape index (κ1) is 12.3. The van der Waals surface area contributed by atoms with Gasteiger partial charge in [-0.2, -0.15) is 0 Å². The number of nitrogens with zero attached hydrogens (tertiary/aromatic N) is 1. The lowest BCUT2D eigenvalue weighted by atomic mass is 10.2. The van der Waals surface area contributed by atoms with E-state index in [1.54, 1.807) is 4.90 Å².